The molecule has 0 spiro atoms. The molecule has 0 aliphatic carbocycles. The van der Waals surface area contributed by atoms with E-state index in [1.807, 2.05) is 19.1 Å². The molecule has 0 unspecified atom stereocenters. The fourth-order valence-electron chi connectivity index (χ4n) is 2.54. The van der Waals surface area contributed by atoms with E-state index in [9.17, 15) is 14.4 Å². The zero-order valence-electron chi connectivity index (χ0n) is 13.4. The molecule has 3 aromatic rings. The van der Waals surface area contributed by atoms with E-state index in [1.54, 1.807) is 12.1 Å². The van der Waals surface area contributed by atoms with Gasteiger partial charge in [-0.15, -0.1) is 0 Å². The van der Waals surface area contributed by atoms with E-state index in [0.717, 1.165) is 10.1 Å². The Labute approximate surface area is 141 Å². The number of carbonyl (C=O) groups excluding carboxylic acids is 1. The molecule has 0 N–H and O–H groups in total. The van der Waals surface area contributed by atoms with E-state index >= 15 is 0 Å². The number of carbonyl (C=O) groups is 1. The number of Topliss-reactive ketones (excluding diaryl/α,β-unsaturated/α-hetero) is 1. The maximum Gasteiger partial charge on any atom is 0.332 e. The van der Waals surface area contributed by atoms with Crippen LogP contribution in [0.3, 0.4) is 0 Å². The Morgan fingerprint density at radius 3 is 2.38 bits per heavy atom. The highest BCUT2D eigenvalue weighted by Gasteiger charge is 2.20. The number of rotatable bonds is 3. The van der Waals surface area contributed by atoms with Crippen molar-refractivity contribution in [1.82, 2.24) is 18.7 Å². The summed E-state index contributed by atoms with van der Waals surface area (Å²) in [5.41, 5.74) is 0.805. The number of benzene rings is 1. The van der Waals surface area contributed by atoms with Gasteiger partial charge in [0.25, 0.3) is 5.56 Å². The van der Waals surface area contributed by atoms with Crippen LogP contribution in [0.2, 0.25) is 5.28 Å². The summed E-state index contributed by atoms with van der Waals surface area (Å²) in [4.78, 5) is 40.9. The minimum absolute atomic E-state index is 0.0104. The quantitative estimate of drug-likeness (QED) is 0.528. The van der Waals surface area contributed by atoms with Gasteiger partial charge in [0.2, 0.25) is 5.28 Å². The second kappa shape index (κ2) is 5.76. The second-order valence-corrected chi connectivity index (χ2v) is 5.97. The molecular formula is C16H15ClN4O3. The summed E-state index contributed by atoms with van der Waals surface area (Å²) in [6, 6.07) is 7.12. The molecule has 0 saturated carbocycles. The smallest absolute Gasteiger partial charge is 0.301 e. The zero-order valence-corrected chi connectivity index (χ0v) is 14.2. The Kier molecular flexibility index (Phi) is 3.88. The molecule has 0 aliphatic rings. The van der Waals surface area contributed by atoms with Crippen LogP contribution in [0.5, 0.6) is 0 Å². The number of hydrogen-bond acceptors (Lipinski definition) is 4. The molecule has 0 bridgehead atoms. The van der Waals surface area contributed by atoms with Crippen molar-refractivity contribution in [2.45, 2.75) is 13.5 Å². The summed E-state index contributed by atoms with van der Waals surface area (Å²) >= 11 is 6.11. The molecule has 8 heteroatoms. The van der Waals surface area contributed by atoms with Crippen molar-refractivity contribution < 1.29 is 4.79 Å². The predicted molar refractivity (Wildman–Crippen MR) is 90.7 cm³/mol. The number of nitrogens with zero attached hydrogens (tertiary/aromatic N) is 4. The molecule has 0 atom stereocenters. The Hall–Kier alpha value is -2.67. The van der Waals surface area contributed by atoms with Crippen LogP contribution in [0.25, 0.3) is 11.2 Å². The van der Waals surface area contributed by atoms with Gasteiger partial charge in [0.15, 0.2) is 16.9 Å². The average Bonchev–Trinajstić information content (AvgIpc) is 2.88. The van der Waals surface area contributed by atoms with Crippen LogP contribution in [0.15, 0.2) is 33.9 Å². The molecule has 0 radical (unpaired) electrons. The molecule has 7 nitrogen and oxygen atoms in total. The number of aromatic nitrogens is 4. The first-order chi connectivity index (χ1) is 11.3. The molecular weight excluding hydrogens is 332 g/mol. The topological polar surface area (TPSA) is 78.9 Å². The molecule has 24 heavy (non-hydrogen) atoms. The van der Waals surface area contributed by atoms with E-state index in [-0.39, 0.29) is 28.8 Å². The Morgan fingerprint density at radius 1 is 1.12 bits per heavy atom. The fraction of sp³-hybridized carbons (Fsp3) is 0.250. The second-order valence-electron chi connectivity index (χ2n) is 5.63. The highest BCUT2D eigenvalue weighted by atomic mass is 35.5. The third kappa shape index (κ3) is 2.46. The Morgan fingerprint density at radius 2 is 1.75 bits per heavy atom. The van der Waals surface area contributed by atoms with Crippen molar-refractivity contribution in [3.8, 4) is 0 Å². The van der Waals surface area contributed by atoms with E-state index in [2.05, 4.69) is 4.98 Å². The van der Waals surface area contributed by atoms with Gasteiger partial charge < -0.3 is 4.57 Å². The normalized spacial score (nSPS) is 11.2. The van der Waals surface area contributed by atoms with Crippen molar-refractivity contribution in [2.75, 3.05) is 0 Å². The Bertz CT molecular complexity index is 1070. The van der Waals surface area contributed by atoms with Crippen LogP contribution in [-0.2, 0) is 20.6 Å². The molecule has 3 rings (SSSR count). The first kappa shape index (κ1) is 16.2. The standard InChI is InChI=1S/C16H15ClN4O3/c1-9-4-6-10(7-5-9)11(22)8-21-12-13(18-15(21)17)19(2)16(24)20(3)14(12)23/h4-7H,8H2,1-3H3. The highest BCUT2D eigenvalue weighted by Crippen LogP contribution is 2.17. The summed E-state index contributed by atoms with van der Waals surface area (Å²) < 4.78 is 3.53. The van der Waals surface area contributed by atoms with Gasteiger partial charge in [-0.2, -0.15) is 4.98 Å². The summed E-state index contributed by atoms with van der Waals surface area (Å²) in [6.45, 7) is 1.80. The largest absolute Gasteiger partial charge is 0.332 e. The van der Waals surface area contributed by atoms with Crippen molar-refractivity contribution in [3.63, 3.8) is 0 Å². The monoisotopic (exact) mass is 346 g/mol. The SMILES string of the molecule is Cc1ccc(C(=O)Cn2c(Cl)nc3c2c(=O)n(C)c(=O)n3C)cc1. The van der Waals surface area contributed by atoms with Gasteiger partial charge in [0.1, 0.15) is 0 Å². The highest BCUT2D eigenvalue weighted by molar-refractivity contribution is 6.29. The average molecular weight is 347 g/mol. The van der Waals surface area contributed by atoms with Crippen molar-refractivity contribution >= 4 is 28.5 Å². The lowest BCUT2D eigenvalue weighted by Gasteiger charge is -2.07. The molecule has 124 valence electrons. The van der Waals surface area contributed by atoms with Gasteiger partial charge in [-0.05, 0) is 18.5 Å². The Balaban J connectivity index is 2.15. The lowest BCUT2D eigenvalue weighted by Crippen LogP contribution is -2.37. The van der Waals surface area contributed by atoms with Gasteiger partial charge in [-0.25, -0.2) is 4.79 Å². The van der Waals surface area contributed by atoms with E-state index < -0.39 is 11.2 Å². The molecule has 2 heterocycles. The van der Waals surface area contributed by atoms with Crippen LogP contribution in [-0.4, -0.2) is 24.5 Å². The summed E-state index contributed by atoms with van der Waals surface area (Å²) in [6.07, 6.45) is 0. The summed E-state index contributed by atoms with van der Waals surface area (Å²) in [7, 11) is 2.87. The van der Waals surface area contributed by atoms with Gasteiger partial charge in [-0.1, -0.05) is 29.8 Å². The number of fused-ring (bicyclic) bond motifs is 1. The van der Waals surface area contributed by atoms with E-state index in [4.69, 9.17) is 11.6 Å². The number of halogens is 1. The molecule has 2 aromatic heterocycles. The molecule has 1 aromatic carbocycles. The van der Waals surface area contributed by atoms with E-state index in [0.29, 0.717) is 5.56 Å². The predicted octanol–water partition coefficient (Wildman–Crippen LogP) is 1.28. The third-order valence-electron chi connectivity index (χ3n) is 3.98. The van der Waals surface area contributed by atoms with Crippen molar-refractivity contribution in [2.24, 2.45) is 14.1 Å². The maximum absolute atomic E-state index is 12.5. The van der Waals surface area contributed by atoms with Gasteiger partial charge >= 0.3 is 5.69 Å². The molecule has 0 aliphatic heterocycles. The minimum Gasteiger partial charge on any atom is -0.301 e. The van der Waals surface area contributed by atoms with E-state index in [1.165, 1.54) is 23.2 Å². The third-order valence-corrected chi connectivity index (χ3v) is 4.27. The number of aryl methyl sites for hydroxylation is 2. The minimum atomic E-state index is -0.538. The molecule has 0 fully saturated rings. The lowest BCUT2D eigenvalue weighted by atomic mass is 10.1. The molecule has 0 amide bonds. The van der Waals surface area contributed by atoms with Crippen LogP contribution >= 0.6 is 11.6 Å². The number of hydrogen-bond donors (Lipinski definition) is 0. The summed E-state index contributed by atoms with van der Waals surface area (Å²) in [5, 5.41) is -0.0104. The van der Waals surface area contributed by atoms with Crippen LogP contribution in [0.4, 0.5) is 0 Å². The van der Waals surface area contributed by atoms with Gasteiger partial charge in [-0.3, -0.25) is 18.7 Å². The van der Waals surface area contributed by atoms with Gasteiger partial charge in [0.05, 0.1) is 6.54 Å². The van der Waals surface area contributed by atoms with Crippen LogP contribution in [0.1, 0.15) is 15.9 Å². The van der Waals surface area contributed by atoms with Crippen LogP contribution in [0, 0.1) is 6.92 Å². The summed E-state index contributed by atoms with van der Waals surface area (Å²) in [5.74, 6) is -0.202. The number of imidazole rings is 1. The lowest BCUT2D eigenvalue weighted by molar-refractivity contribution is 0.0973. The van der Waals surface area contributed by atoms with Crippen molar-refractivity contribution in [3.05, 3.63) is 61.5 Å². The first-order valence-corrected chi connectivity index (χ1v) is 7.60. The van der Waals surface area contributed by atoms with Crippen molar-refractivity contribution in [1.29, 1.82) is 0 Å². The fourth-order valence-corrected chi connectivity index (χ4v) is 2.76. The van der Waals surface area contributed by atoms with Crippen LogP contribution < -0.4 is 11.2 Å². The molecule has 0 saturated heterocycles. The van der Waals surface area contributed by atoms with Gasteiger partial charge in [0, 0.05) is 19.7 Å². The maximum atomic E-state index is 12.5. The zero-order chi connectivity index (χ0) is 17.6. The number of ketones is 1. The first-order valence-electron chi connectivity index (χ1n) is 7.23.